The van der Waals surface area contributed by atoms with Gasteiger partial charge in [-0.25, -0.2) is 0 Å². The second kappa shape index (κ2) is 97.5. The van der Waals surface area contributed by atoms with Crippen molar-refractivity contribution in [3.8, 4) is 0 Å². The molecule has 0 rings (SSSR count). The van der Waals surface area contributed by atoms with Crippen molar-refractivity contribution in [2.24, 2.45) is 5.92 Å². The molecule has 23 heavy (non-hydrogen) atoms. The third-order valence-corrected chi connectivity index (χ3v) is 1.89. The van der Waals surface area contributed by atoms with Crippen LogP contribution in [0.1, 0.15) is 137 Å². The third-order valence-electron chi connectivity index (χ3n) is 1.89. The first kappa shape index (κ1) is 56.8. The Morgan fingerprint density at radius 3 is 0.652 bits per heavy atom. The molecule has 0 amide bonds. The molecule has 0 saturated heterocycles. The first-order chi connectivity index (χ1) is 8.96. The minimum atomic E-state index is 0. The SMILES string of the molecule is C.C.CCC.CCC.CCC.CCC(C)CC.CCCC.O.O.[H+]. The molecule has 0 radical (unpaired) electrons. The molecule has 0 aromatic carbocycles. The number of unbranched alkanes of at least 4 members (excludes halogenated alkanes) is 1. The predicted octanol–water partition coefficient (Wildman–Crippen LogP) is 8.23. The highest BCUT2D eigenvalue weighted by Crippen LogP contribution is 2.02. The van der Waals surface area contributed by atoms with Crippen molar-refractivity contribution in [3.63, 3.8) is 0 Å². The highest BCUT2D eigenvalue weighted by molar-refractivity contribution is 4.41. The smallest absolute Gasteiger partial charge is 0.412 e. The number of hydrogen-bond acceptors (Lipinski definition) is 0. The van der Waals surface area contributed by atoms with E-state index < -0.39 is 0 Å². The summed E-state index contributed by atoms with van der Waals surface area (Å²) in [7, 11) is 0. The van der Waals surface area contributed by atoms with E-state index in [9.17, 15) is 0 Å². The summed E-state index contributed by atoms with van der Waals surface area (Å²) in [4.78, 5) is 0. The monoisotopic (exact) mass is 345 g/mol. The van der Waals surface area contributed by atoms with Gasteiger partial charge in [0.1, 0.15) is 0 Å². The van der Waals surface area contributed by atoms with Crippen LogP contribution in [0.4, 0.5) is 0 Å². The molecule has 0 atom stereocenters. The summed E-state index contributed by atoms with van der Waals surface area (Å²) in [6.07, 6.45) is 9.05. The molecule has 2 nitrogen and oxygen atoms in total. The van der Waals surface area contributed by atoms with Crippen molar-refractivity contribution < 1.29 is 12.4 Å². The molecule has 0 fully saturated rings. The van der Waals surface area contributed by atoms with Crippen LogP contribution in [0.5, 0.6) is 0 Å². The average Bonchev–Trinajstić information content (AvgIpc) is 2.41. The standard InChI is InChI=1S/C6H14.C4H10.3C3H8.2CH4.2H2O/c1-4-6(3)5-2;1-3-4-2;3*1-3-2;;;;/h6H,4-5H2,1-3H3;3-4H2,1-2H3;3*3H2,1-2H3;2*1H4;2*1H2/p+1. The van der Waals surface area contributed by atoms with Crippen molar-refractivity contribution in [1.82, 2.24) is 0 Å². The van der Waals surface area contributed by atoms with Crippen LogP contribution in [0.15, 0.2) is 0 Å². The summed E-state index contributed by atoms with van der Waals surface area (Å²) in [5, 5.41) is 0. The summed E-state index contributed by atoms with van der Waals surface area (Å²) in [6, 6.07) is 0. The minimum Gasteiger partial charge on any atom is -0.412 e. The lowest BCUT2D eigenvalue weighted by molar-refractivity contribution is 0.544. The van der Waals surface area contributed by atoms with Crippen molar-refractivity contribution in [2.75, 3.05) is 0 Å². The summed E-state index contributed by atoms with van der Waals surface area (Å²) in [6.45, 7) is 23.8. The Labute approximate surface area is 155 Å². The Bertz CT molecular complexity index is 71.5. The van der Waals surface area contributed by atoms with Gasteiger partial charge in [0.25, 0.3) is 0 Å². The number of hydrogen-bond donors (Lipinski definition) is 0. The van der Waals surface area contributed by atoms with Crippen LogP contribution in [0, 0.1) is 5.92 Å². The van der Waals surface area contributed by atoms with Crippen LogP contribution in [-0.4, -0.2) is 11.0 Å². The normalized spacial score (nSPS) is 6.26. The van der Waals surface area contributed by atoms with Gasteiger partial charge in [-0.2, -0.15) is 0 Å². The highest BCUT2D eigenvalue weighted by Gasteiger charge is 1.88. The van der Waals surface area contributed by atoms with Crippen LogP contribution in [0.2, 0.25) is 0 Å². The van der Waals surface area contributed by atoms with Crippen LogP contribution < -0.4 is 0 Å². The van der Waals surface area contributed by atoms with Gasteiger partial charge >= 0.3 is 1.43 Å². The Hall–Kier alpha value is -0.0800. The van der Waals surface area contributed by atoms with E-state index in [0.717, 1.165) is 5.92 Å². The van der Waals surface area contributed by atoms with E-state index >= 15 is 0 Å². The minimum absolute atomic E-state index is 0. The fourth-order valence-corrected chi connectivity index (χ4v) is 0.289. The molecule has 0 aliphatic heterocycles. The maximum atomic E-state index is 2.28. The summed E-state index contributed by atoms with van der Waals surface area (Å²) in [5.74, 6) is 0.935. The van der Waals surface area contributed by atoms with Crippen molar-refractivity contribution in [2.45, 2.75) is 136 Å². The van der Waals surface area contributed by atoms with Gasteiger partial charge in [-0.15, -0.1) is 0 Å². The van der Waals surface area contributed by atoms with E-state index in [-0.39, 0.29) is 27.2 Å². The fraction of sp³-hybridized carbons (Fsp3) is 1.00. The van der Waals surface area contributed by atoms with E-state index in [1.54, 1.807) is 0 Å². The molecule has 0 unspecified atom stereocenters. The van der Waals surface area contributed by atoms with Gasteiger partial charge in [-0.05, 0) is 5.92 Å². The van der Waals surface area contributed by atoms with Gasteiger partial charge in [0.2, 0.25) is 0 Å². The maximum absolute atomic E-state index is 2.28. The highest BCUT2D eigenvalue weighted by atomic mass is 16.0. The molecule has 0 aliphatic carbocycles. The van der Waals surface area contributed by atoms with Gasteiger partial charge in [0, 0.05) is 0 Å². The quantitative estimate of drug-likeness (QED) is 0.494. The molecule has 0 spiro atoms. The first-order valence-electron chi connectivity index (χ1n) is 8.96. The zero-order valence-electron chi connectivity index (χ0n) is 18.5. The second-order valence-corrected chi connectivity index (χ2v) is 5.04. The molecule has 0 aromatic rings. The second-order valence-electron chi connectivity index (χ2n) is 5.04. The van der Waals surface area contributed by atoms with E-state index in [1.165, 1.54) is 44.9 Å². The van der Waals surface area contributed by atoms with E-state index in [4.69, 9.17) is 0 Å². The fourth-order valence-electron chi connectivity index (χ4n) is 0.289. The van der Waals surface area contributed by atoms with Crippen molar-refractivity contribution >= 4 is 0 Å². The predicted molar refractivity (Wildman–Crippen MR) is 120 cm³/mol. The van der Waals surface area contributed by atoms with Crippen LogP contribution in [0.3, 0.4) is 0 Å². The van der Waals surface area contributed by atoms with E-state index in [0.29, 0.717) is 0 Å². The largest absolute Gasteiger partial charge is 1.00 e. The summed E-state index contributed by atoms with van der Waals surface area (Å²) in [5.41, 5.74) is 0. The lowest BCUT2D eigenvalue weighted by Gasteiger charge is -1.98. The lowest BCUT2D eigenvalue weighted by Crippen LogP contribution is -1.85. The van der Waals surface area contributed by atoms with Gasteiger partial charge in [-0.3, -0.25) is 0 Å². The summed E-state index contributed by atoms with van der Waals surface area (Å²) < 4.78 is 0. The Morgan fingerprint density at radius 2 is 0.652 bits per heavy atom. The maximum Gasteiger partial charge on any atom is 1.00 e. The first-order valence-corrected chi connectivity index (χ1v) is 8.96. The van der Waals surface area contributed by atoms with Crippen LogP contribution in [-0.2, 0) is 0 Å². The van der Waals surface area contributed by atoms with E-state index in [2.05, 4.69) is 76.2 Å². The molecule has 0 aliphatic rings. The topological polar surface area (TPSA) is 63.0 Å². The Morgan fingerprint density at radius 1 is 0.522 bits per heavy atom. The van der Waals surface area contributed by atoms with Crippen molar-refractivity contribution in [3.05, 3.63) is 0 Å². The molecule has 0 aromatic heterocycles. The third kappa shape index (κ3) is 359. The summed E-state index contributed by atoms with van der Waals surface area (Å²) >= 11 is 0. The molecular formula is C21H61O2+. The molecule has 156 valence electrons. The van der Waals surface area contributed by atoms with Crippen LogP contribution >= 0.6 is 0 Å². The van der Waals surface area contributed by atoms with Crippen LogP contribution in [0.25, 0.3) is 0 Å². The molecule has 0 heterocycles. The van der Waals surface area contributed by atoms with E-state index in [1.807, 2.05) is 0 Å². The zero-order chi connectivity index (χ0) is 16.5. The lowest BCUT2D eigenvalue weighted by atomic mass is 10.1. The van der Waals surface area contributed by atoms with Crippen molar-refractivity contribution in [1.29, 1.82) is 0 Å². The number of rotatable bonds is 3. The van der Waals surface area contributed by atoms with Gasteiger partial charge < -0.3 is 11.0 Å². The van der Waals surface area contributed by atoms with Gasteiger partial charge in [-0.1, -0.05) is 136 Å². The average molecular weight is 346 g/mol. The molecular weight excluding hydrogens is 284 g/mol. The van der Waals surface area contributed by atoms with Gasteiger partial charge in [0.15, 0.2) is 0 Å². The zero-order valence-corrected chi connectivity index (χ0v) is 17.5. The Balaban J connectivity index is -0.0000000125. The molecule has 0 bridgehead atoms. The Kier molecular flexibility index (Phi) is 241. The molecule has 2 heteroatoms. The molecule has 4 N–H and O–H groups in total. The molecule has 0 saturated carbocycles. The van der Waals surface area contributed by atoms with Gasteiger partial charge in [0.05, 0.1) is 0 Å².